The highest BCUT2D eigenvalue weighted by Gasteiger charge is 2.40. The zero-order valence-electron chi connectivity index (χ0n) is 18.8. The molecule has 4 aromatic rings. The summed E-state index contributed by atoms with van der Waals surface area (Å²) in [6.45, 7) is 2.24. The summed E-state index contributed by atoms with van der Waals surface area (Å²) >= 11 is 0. The van der Waals surface area contributed by atoms with Gasteiger partial charge in [0.25, 0.3) is 0 Å². The Hall–Kier alpha value is -3.91. The number of nitrogens with zero attached hydrogens (tertiary/aromatic N) is 2. The maximum Gasteiger partial charge on any atom is 0.405 e. The van der Waals surface area contributed by atoms with Gasteiger partial charge >= 0.3 is 6.09 Å². The van der Waals surface area contributed by atoms with Crippen LogP contribution in [0, 0.1) is 6.92 Å². The molecule has 174 valence electrons. The molecule has 0 aliphatic heterocycles. The minimum Gasteiger partial charge on any atom is -0.465 e. The molecular weight excluding hydrogens is 432 g/mol. The fourth-order valence-electron chi connectivity index (χ4n) is 4.66. The Morgan fingerprint density at radius 1 is 1.06 bits per heavy atom. The third kappa shape index (κ3) is 3.86. The van der Waals surface area contributed by atoms with E-state index in [0.29, 0.717) is 24.0 Å². The van der Waals surface area contributed by atoms with Gasteiger partial charge in [0, 0.05) is 17.7 Å². The second kappa shape index (κ2) is 8.79. The van der Waals surface area contributed by atoms with Gasteiger partial charge in [0.1, 0.15) is 5.76 Å². The van der Waals surface area contributed by atoms with Crippen molar-refractivity contribution in [3.63, 3.8) is 0 Å². The Bertz CT molecular complexity index is 1330. The zero-order chi connectivity index (χ0) is 23.7. The molecule has 0 atom stereocenters. The lowest BCUT2D eigenvalue weighted by molar-refractivity contribution is 0.144. The number of benzene rings is 2. The highest BCUT2D eigenvalue weighted by molar-refractivity contribution is 6.02. The first-order valence-electron chi connectivity index (χ1n) is 11.3. The molecule has 0 radical (unpaired) electrons. The van der Waals surface area contributed by atoms with Gasteiger partial charge in [0.15, 0.2) is 0 Å². The maximum absolute atomic E-state index is 11.3. The van der Waals surface area contributed by atoms with Crippen molar-refractivity contribution in [2.24, 2.45) is 0 Å². The summed E-state index contributed by atoms with van der Waals surface area (Å²) in [5, 5.41) is 25.0. The number of rotatable bonds is 7. The van der Waals surface area contributed by atoms with Gasteiger partial charge in [0.2, 0.25) is 11.7 Å². The van der Waals surface area contributed by atoms with Crippen molar-refractivity contribution >= 4 is 23.1 Å². The van der Waals surface area contributed by atoms with E-state index in [1.54, 1.807) is 0 Å². The molecule has 2 heterocycles. The first kappa shape index (κ1) is 21.9. The van der Waals surface area contributed by atoms with Crippen LogP contribution >= 0.6 is 0 Å². The van der Waals surface area contributed by atoms with Gasteiger partial charge in [-0.05, 0) is 37.3 Å². The first-order chi connectivity index (χ1) is 16.5. The zero-order valence-corrected chi connectivity index (χ0v) is 18.8. The summed E-state index contributed by atoms with van der Waals surface area (Å²) in [7, 11) is 0. The predicted octanol–water partition coefficient (Wildman–Crippen LogP) is 4.92. The van der Waals surface area contributed by atoms with Crippen LogP contribution in [0.5, 0.6) is 0 Å². The van der Waals surface area contributed by atoms with E-state index in [0.717, 1.165) is 52.6 Å². The van der Waals surface area contributed by atoms with Gasteiger partial charge in [-0.1, -0.05) is 54.6 Å². The third-order valence-corrected chi connectivity index (χ3v) is 6.44. The lowest BCUT2D eigenvalue weighted by Gasteiger charge is -2.42. The number of aliphatic hydroxyl groups excluding tert-OH is 1. The molecule has 8 nitrogen and oxygen atoms in total. The number of fused-ring (bicyclic) bond motifs is 1. The number of aromatic nitrogens is 2. The van der Waals surface area contributed by atoms with E-state index in [9.17, 15) is 9.90 Å². The number of aliphatic hydroxyl groups is 1. The highest BCUT2D eigenvalue weighted by Crippen LogP contribution is 2.44. The Morgan fingerprint density at radius 3 is 2.41 bits per heavy atom. The van der Waals surface area contributed by atoms with Crippen LogP contribution in [0.25, 0.3) is 33.6 Å². The molecule has 0 bridgehead atoms. The number of amides is 1. The van der Waals surface area contributed by atoms with Gasteiger partial charge in [-0.3, -0.25) is 0 Å². The van der Waals surface area contributed by atoms with Crippen LogP contribution < -0.4 is 10.6 Å². The SMILES string of the molecule is Cc1nc(NCCO)nc2oc(-c3ccc(C4(NC(=O)O)CCC4)cc3)c(-c3ccccc3)c12. The molecule has 34 heavy (non-hydrogen) atoms. The molecule has 2 aromatic carbocycles. The lowest BCUT2D eigenvalue weighted by Crippen LogP contribution is -2.50. The number of hydrogen-bond acceptors (Lipinski definition) is 6. The number of anilines is 1. The van der Waals surface area contributed by atoms with Gasteiger partial charge < -0.3 is 25.3 Å². The minimum atomic E-state index is -1.01. The van der Waals surface area contributed by atoms with E-state index in [1.807, 2.05) is 61.5 Å². The molecule has 0 saturated heterocycles. The van der Waals surface area contributed by atoms with Crippen molar-refractivity contribution in [1.29, 1.82) is 0 Å². The molecule has 1 aliphatic carbocycles. The summed E-state index contributed by atoms with van der Waals surface area (Å²) in [4.78, 5) is 20.4. The van der Waals surface area contributed by atoms with Crippen molar-refractivity contribution in [1.82, 2.24) is 15.3 Å². The maximum atomic E-state index is 11.3. The van der Waals surface area contributed by atoms with Crippen molar-refractivity contribution in [2.75, 3.05) is 18.5 Å². The quantitative estimate of drug-likeness (QED) is 0.310. The fraction of sp³-hybridized carbons (Fsp3) is 0.269. The van der Waals surface area contributed by atoms with Crippen LogP contribution in [-0.2, 0) is 5.54 Å². The summed E-state index contributed by atoms with van der Waals surface area (Å²) in [5.74, 6) is 1.08. The molecule has 8 heteroatoms. The molecule has 1 fully saturated rings. The highest BCUT2D eigenvalue weighted by atomic mass is 16.4. The first-order valence-corrected chi connectivity index (χ1v) is 11.3. The van der Waals surface area contributed by atoms with Crippen LogP contribution in [-0.4, -0.2) is 39.4 Å². The fourth-order valence-corrected chi connectivity index (χ4v) is 4.66. The summed E-state index contributed by atoms with van der Waals surface area (Å²) in [6, 6.07) is 17.9. The summed E-state index contributed by atoms with van der Waals surface area (Å²) in [6.07, 6.45) is 1.56. The largest absolute Gasteiger partial charge is 0.465 e. The van der Waals surface area contributed by atoms with E-state index >= 15 is 0 Å². The van der Waals surface area contributed by atoms with Crippen molar-refractivity contribution < 1.29 is 19.4 Å². The molecule has 1 amide bonds. The van der Waals surface area contributed by atoms with Gasteiger partial charge in [-0.25, -0.2) is 9.78 Å². The summed E-state index contributed by atoms with van der Waals surface area (Å²) in [5.41, 5.74) is 4.45. The van der Waals surface area contributed by atoms with Gasteiger partial charge in [0.05, 0.1) is 23.2 Å². The molecule has 5 rings (SSSR count). The van der Waals surface area contributed by atoms with Crippen LogP contribution in [0.2, 0.25) is 0 Å². The van der Waals surface area contributed by atoms with E-state index < -0.39 is 11.6 Å². The number of hydrogen-bond donors (Lipinski definition) is 4. The lowest BCUT2D eigenvalue weighted by atomic mass is 9.72. The van der Waals surface area contributed by atoms with Gasteiger partial charge in [-0.2, -0.15) is 4.98 Å². The molecule has 0 unspecified atom stereocenters. The Balaban J connectivity index is 1.62. The van der Waals surface area contributed by atoms with Crippen LogP contribution in [0.4, 0.5) is 10.7 Å². The molecular formula is C26H26N4O4. The van der Waals surface area contributed by atoms with E-state index in [1.165, 1.54) is 0 Å². The van der Waals surface area contributed by atoms with Crippen molar-refractivity contribution in [3.8, 4) is 22.5 Å². The summed E-state index contributed by atoms with van der Waals surface area (Å²) < 4.78 is 6.31. The van der Waals surface area contributed by atoms with E-state index in [4.69, 9.17) is 9.52 Å². The number of aryl methyl sites for hydroxylation is 1. The molecule has 1 aliphatic rings. The van der Waals surface area contributed by atoms with E-state index in [2.05, 4.69) is 20.6 Å². The average Bonchev–Trinajstić information content (AvgIpc) is 3.21. The molecule has 2 aromatic heterocycles. The van der Waals surface area contributed by atoms with Crippen LogP contribution in [0.15, 0.2) is 59.0 Å². The second-order valence-electron chi connectivity index (χ2n) is 8.58. The normalized spacial score (nSPS) is 14.5. The van der Waals surface area contributed by atoms with Gasteiger partial charge in [-0.15, -0.1) is 0 Å². The van der Waals surface area contributed by atoms with Crippen molar-refractivity contribution in [3.05, 3.63) is 65.9 Å². The topological polar surface area (TPSA) is 121 Å². The molecule has 4 N–H and O–H groups in total. The predicted molar refractivity (Wildman–Crippen MR) is 130 cm³/mol. The number of carboxylic acid groups (broad SMARTS) is 1. The standard InChI is InChI=1S/C26H26N4O4/c1-16-20-21(17-6-3-2-4-7-17)22(34-23(20)29-24(28-16)27-14-15-31)18-8-10-19(11-9-18)26(12-5-13-26)30-25(32)33/h2-4,6-11,30-31H,5,12-15H2,1H3,(H,32,33)(H,27,28,29). The number of furan rings is 1. The van der Waals surface area contributed by atoms with Crippen LogP contribution in [0.3, 0.4) is 0 Å². The van der Waals surface area contributed by atoms with E-state index in [-0.39, 0.29) is 6.61 Å². The average molecular weight is 459 g/mol. The Labute approximate surface area is 196 Å². The van der Waals surface area contributed by atoms with Crippen molar-refractivity contribution in [2.45, 2.75) is 31.7 Å². The number of carbonyl (C=O) groups is 1. The molecule has 1 saturated carbocycles. The minimum absolute atomic E-state index is 0.0241. The third-order valence-electron chi connectivity index (χ3n) is 6.44. The number of nitrogens with one attached hydrogen (secondary N) is 2. The Morgan fingerprint density at radius 2 is 1.79 bits per heavy atom. The monoisotopic (exact) mass is 458 g/mol. The van der Waals surface area contributed by atoms with Crippen LogP contribution in [0.1, 0.15) is 30.5 Å². The molecule has 0 spiro atoms. The smallest absolute Gasteiger partial charge is 0.405 e. The Kier molecular flexibility index (Phi) is 5.67. The second-order valence-corrected chi connectivity index (χ2v) is 8.58.